The number of H-pyrrole nitrogens is 1. The molecule has 0 saturated carbocycles. The fourth-order valence-corrected chi connectivity index (χ4v) is 5.26. The minimum Gasteiger partial charge on any atom is -0.353 e. The first-order valence-electron chi connectivity index (χ1n) is 10.2. The molecule has 1 atom stereocenters. The van der Waals surface area contributed by atoms with Gasteiger partial charge in [0, 0.05) is 11.7 Å². The fraction of sp³-hybridized carbons (Fsp3) is 0.217. The van der Waals surface area contributed by atoms with Crippen molar-refractivity contribution in [3.05, 3.63) is 80.5 Å². The van der Waals surface area contributed by atoms with Crippen LogP contribution in [0.15, 0.2) is 70.6 Å². The highest BCUT2D eigenvalue weighted by Gasteiger charge is 2.15. The smallest absolute Gasteiger partial charge is 0.271 e. The van der Waals surface area contributed by atoms with Crippen LogP contribution in [0.4, 0.5) is 0 Å². The highest BCUT2D eigenvalue weighted by Crippen LogP contribution is 2.24. The molecule has 0 aliphatic rings. The molecular weight excluding hydrogens is 460 g/mol. The predicted molar refractivity (Wildman–Crippen MR) is 133 cm³/mol. The summed E-state index contributed by atoms with van der Waals surface area (Å²) in [5, 5.41) is 3.41. The Kier molecular flexibility index (Phi) is 7.19. The summed E-state index contributed by atoms with van der Waals surface area (Å²) in [5.41, 5.74) is 2.36. The Bertz CT molecular complexity index is 1330. The van der Waals surface area contributed by atoms with Crippen molar-refractivity contribution in [2.75, 3.05) is 5.75 Å². The number of thioether (sulfide) groups is 1. The lowest BCUT2D eigenvalue weighted by Crippen LogP contribution is -2.34. The molecule has 2 heterocycles. The van der Waals surface area contributed by atoms with Crippen LogP contribution in [0.25, 0.3) is 16.0 Å². The van der Waals surface area contributed by atoms with Crippen molar-refractivity contribution < 1.29 is 4.79 Å². The molecule has 6 nitrogen and oxygen atoms in total. The highest BCUT2D eigenvalue weighted by atomic mass is 32.2. The predicted octanol–water partition coefficient (Wildman–Crippen LogP) is 4.73. The van der Waals surface area contributed by atoms with Crippen molar-refractivity contribution >= 4 is 51.6 Å². The molecule has 2 aromatic carbocycles. The average molecular weight is 483 g/mol. The normalized spacial score (nSPS) is 12.0. The number of hydrogen-bond donors (Lipinski definition) is 2. The number of nitrogens with zero attached hydrogens (tertiary/aromatic N) is 2. The van der Waals surface area contributed by atoms with Gasteiger partial charge in [-0.2, -0.15) is 0 Å². The van der Waals surface area contributed by atoms with Gasteiger partial charge in [-0.3, -0.25) is 14.2 Å². The zero-order valence-electron chi connectivity index (χ0n) is 17.4. The van der Waals surface area contributed by atoms with Gasteiger partial charge >= 0.3 is 0 Å². The van der Waals surface area contributed by atoms with Gasteiger partial charge in [0.2, 0.25) is 5.91 Å². The number of benzene rings is 2. The molecule has 1 amide bonds. The van der Waals surface area contributed by atoms with Crippen molar-refractivity contribution in [2.45, 2.75) is 31.0 Å². The van der Waals surface area contributed by atoms with E-state index in [1.807, 2.05) is 55.5 Å². The van der Waals surface area contributed by atoms with Crippen molar-refractivity contribution in [3.63, 3.8) is 0 Å². The van der Waals surface area contributed by atoms with Crippen LogP contribution < -0.4 is 10.9 Å². The largest absolute Gasteiger partial charge is 0.353 e. The van der Waals surface area contributed by atoms with Crippen LogP contribution in [-0.4, -0.2) is 32.2 Å². The fourth-order valence-electron chi connectivity index (χ4n) is 3.32. The molecule has 32 heavy (non-hydrogen) atoms. The highest BCUT2D eigenvalue weighted by molar-refractivity contribution is 7.99. The molecule has 0 radical (unpaired) electrons. The van der Waals surface area contributed by atoms with E-state index in [0.29, 0.717) is 19.5 Å². The Morgan fingerprint density at radius 1 is 1.19 bits per heavy atom. The van der Waals surface area contributed by atoms with Crippen molar-refractivity contribution in [2.24, 2.45) is 0 Å². The zero-order chi connectivity index (χ0) is 22.5. The van der Waals surface area contributed by atoms with E-state index in [1.54, 1.807) is 4.57 Å². The molecule has 9 heteroatoms. The summed E-state index contributed by atoms with van der Waals surface area (Å²) in [4.78, 5) is 32.3. The van der Waals surface area contributed by atoms with Gasteiger partial charge in [-0.25, -0.2) is 4.98 Å². The molecule has 0 aliphatic carbocycles. The summed E-state index contributed by atoms with van der Waals surface area (Å²) in [5.74, 6) is 0.0730. The van der Waals surface area contributed by atoms with Gasteiger partial charge in [-0.1, -0.05) is 71.6 Å². The van der Waals surface area contributed by atoms with Crippen molar-refractivity contribution in [1.29, 1.82) is 0 Å². The first kappa shape index (κ1) is 22.4. The van der Waals surface area contributed by atoms with Gasteiger partial charge in [0.1, 0.15) is 4.70 Å². The van der Waals surface area contributed by atoms with Crippen LogP contribution in [0.3, 0.4) is 0 Å². The molecule has 2 aromatic heterocycles. The standard InChI is InChI=1S/C23H22N4O2S3/c1-15(12-13-16-8-4-2-5-9-16)24-18(28)14-31-22-25-20-19(21(29)26-22)32-23(30)27(20)17-10-6-3-7-11-17/h2-11,15H,12-14H2,1H3,(H,24,28)(H,25,26,29)/t15-/m0/s1. The number of aromatic nitrogens is 3. The summed E-state index contributed by atoms with van der Waals surface area (Å²) in [6, 6.07) is 19.8. The van der Waals surface area contributed by atoms with Crippen LogP contribution in [-0.2, 0) is 11.2 Å². The van der Waals surface area contributed by atoms with Crippen LogP contribution in [0, 0.1) is 3.95 Å². The number of fused-ring (bicyclic) bond motifs is 1. The van der Waals surface area contributed by atoms with E-state index < -0.39 is 0 Å². The number of aryl methyl sites for hydroxylation is 1. The summed E-state index contributed by atoms with van der Waals surface area (Å²) >= 11 is 7.90. The Morgan fingerprint density at radius 2 is 1.88 bits per heavy atom. The molecule has 0 unspecified atom stereocenters. The minimum atomic E-state index is -0.250. The maximum atomic E-state index is 12.6. The van der Waals surface area contributed by atoms with E-state index in [-0.39, 0.29) is 23.3 Å². The second-order valence-electron chi connectivity index (χ2n) is 7.34. The van der Waals surface area contributed by atoms with Gasteiger partial charge in [0.15, 0.2) is 14.8 Å². The molecule has 164 valence electrons. The third-order valence-corrected chi connectivity index (χ3v) is 7.13. The van der Waals surface area contributed by atoms with Gasteiger partial charge in [-0.05, 0) is 49.7 Å². The van der Waals surface area contributed by atoms with Gasteiger partial charge in [-0.15, -0.1) is 0 Å². The lowest BCUT2D eigenvalue weighted by molar-refractivity contribution is -0.119. The van der Waals surface area contributed by atoms with Gasteiger partial charge < -0.3 is 10.3 Å². The number of nitrogens with one attached hydrogen (secondary N) is 2. The number of aromatic amines is 1. The van der Waals surface area contributed by atoms with E-state index >= 15 is 0 Å². The van der Waals surface area contributed by atoms with Crippen LogP contribution in [0.1, 0.15) is 18.9 Å². The topological polar surface area (TPSA) is 79.8 Å². The molecule has 0 saturated heterocycles. The monoisotopic (exact) mass is 482 g/mol. The van der Waals surface area contributed by atoms with Crippen molar-refractivity contribution in [1.82, 2.24) is 19.9 Å². The van der Waals surface area contributed by atoms with Crippen LogP contribution >= 0.6 is 35.3 Å². The summed E-state index contributed by atoms with van der Waals surface area (Å²) in [6.07, 6.45) is 1.76. The number of hydrogen-bond acceptors (Lipinski definition) is 6. The second kappa shape index (κ2) is 10.2. The first-order valence-corrected chi connectivity index (χ1v) is 12.4. The lowest BCUT2D eigenvalue weighted by Gasteiger charge is -2.13. The third kappa shape index (κ3) is 5.35. The molecule has 0 fully saturated rings. The molecule has 0 spiro atoms. The van der Waals surface area contributed by atoms with E-state index in [0.717, 1.165) is 18.5 Å². The number of para-hydroxylation sites is 1. The zero-order valence-corrected chi connectivity index (χ0v) is 19.9. The van der Waals surface area contributed by atoms with Gasteiger partial charge in [0.05, 0.1) is 5.75 Å². The maximum Gasteiger partial charge on any atom is 0.271 e. The van der Waals surface area contributed by atoms with E-state index in [9.17, 15) is 9.59 Å². The Hall–Kier alpha value is -2.75. The number of thiazole rings is 1. The molecule has 0 bridgehead atoms. The van der Waals surface area contributed by atoms with Crippen LogP contribution in [0.2, 0.25) is 0 Å². The Balaban J connectivity index is 1.42. The number of carbonyl (C=O) groups excluding carboxylic acids is 1. The minimum absolute atomic E-state index is 0.0534. The third-order valence-electron chi connectivity index (χ3n) is 4.89. The molecule has 4 rings (SSSR count). The van der Waals surface area contributed by atoms with Crippen LogP contribution in [0.5, 0.6) is 0 Å². The molecular formula is C23H22N4O2S3. The lowest BCUT2D eigenvalue weighted by atomic mass is 10.1. The summed E-state index contributed by atoms with van der Waals surface area (Å²) in [7, 11) is 0. The number of carbonyl (C=O) groups is 1. The van der Waals surface area contributed by atoms with Gasteiger partial charge in [0.25, 0.3) is 5.56 Å². The summed E-state index contributed by atoms with van der Waals surface area (Å²) < 4.78 is 2.82. The Morgan fingerprint density at radius 3 is 2.59 bits per heavy atom. The van der Waals surface area contributed by atoms with E-state index in [2.05, 4.69) is 27.4 Å². The quantitative estimate of drug-likeness (QED) is 0.216. The summed E-state index contributed by atoms with van der Waals surface area (Å²) in [6.45, 7) is 2.00. The first-order chi connectivity index (χ1) is 15.5. The van der Waals surface area contributed by atoms with E-state index in [1.165, 1.54) is 28.7 Å². The SMILES string of the molecule is C[C@@H](CCc1ccccc1)NC(=O)CSc1nc2c(sc(=S)n2-c2ccccc2)c(=O)[nH]1. The maximum absolute atomic E-state index is 12.6. The number of amides is 1. The molecule has 0 aliphatic heterocycles. The molecule has 4 aromatic rings. The Labute approximate surface area is 198 Å². The second-order valence-corrected chi connectivity index (χ2v) is 9.95. The number of rotatable bonds is 8. The van der Waals surface area contributed by atoms with E-state index in [4.69, 9.17) is 12.2 Å². The molecule has 2 N–H and O–H groups in total. The van der Waals surface area contributed by atoms with Crippen molar-refractivity contribution in [3.8, 4) is 5.69 Å². The average Bonchev–Trinajstić information content (AvgIpc) is 3.14.